The molecule has 2 aromatic rings. The van der Waals surface area contributed by atoms with E-state index >= 15 is 0 Å². The molecular weight excluding hydrogens is 284 g/mol. The van der Waals surface area contributed by atoms with Gasteiger partial charge in [-0.05, 0) is 35.6 Å². The lowest BCUT2D eigenvalue weighted by Crippen LogP contribution is -2.28. The molecule has 0 saturated heterocycles. The molecule has 0 radical (unpaired) electrons. The van der Waals surface area contributed by atoms with E-state index in [2.05, 4.69) is 45.8 Å². The van der Waals surface area contributed by atoms with Crippen LogP contribution in [0.2, 0.25) is 0 Å². The van der Waals surface area contributed by atoms with Crippen LogP contribution in [-0.4, -0.2) is 0 Å². The van der Waals surface area contributed by atoms with Crippen molar-refractivity contribution in [2.24, 2.45) is 5.84 Å². The Morgan fingerprint density at radius 2 is 2.06 bits per heavy atom. The first-order chi connectivity index (χ1) is 7.74. The predicted octanol–water partition coefficient (Wildman–Crippen LogP) is 3.37. The molecule has 0 fully saturated rings. The second kappa shape index (κ2) is 5.10. The van der Waals surface area contributed by atoms with Crippen molar-refractivity contribution in [1.29, 1.82) is 0 Å². The Hall–Kier alpha value is -0.680. The number of hydrogen-bond donors (Lipinski definition) is 2. The number of nitrogens with two attached hydrogens (primary N) is 1. The molecule has 2 nitrogen and oxygen atoms in total. The highest BCUT2D eigenvalue weighted by molar-refractivity contribution is 9.10. The van der Waals surface area contributed by atoms with E-state index in [-0.39, 0.29) is 6.04 Å². The molecule has 1 aromatic carbocycles. The molecule has 3 N–H and O–H groups in total. The third kappa shape index (κ3) is 2.20. The molecular formula is C12H13BrN2S. The van der Waals surface area contributed by atoms with Gasteiger partial charge in [-0.3, -0.25) is 5.84 Å². The van der Waals surface area contributed by atoms with Crippen molar-refractivity contribution < 1.29 is 0 Å². The summed E-state index contributed by atoms with van der Waals surface area (Å²) >= 11 is 5.28. The molecule has 0 amide bonds. The predicted molar refractivity (Wildman–Crippen MR) is 72.4 cm³/mol. The molecule has 0 aliphatic heterocycles. The zero-order valence-electron chi connectivity index (χ0n) is 8.91. The van der Waals surface area contributed by atoms with Gasteiger partial charge in [0.05, 0.1) is 6.04 Å². The van der Waals surface area contributed by atoms with Crippen LogP contribution >= 0.6 is 27.3 Å². The Morgan fingerprint density at radius 1 is 1.31 bits per heavy atom. The van der Waals surface area contributed by atoms with Gasteiger partial charge in [0.25, 0.3) is 0 Å². The number of hydrazine groups is 1. The minimum Gasteiger partial charge on any atom is -0.271 e. The van der Waals surface area contributed by atoms with Crippen LogP contribution in [0, 0.1) is 6.92 Å². The third-order valence-electron chi connectivity index (χ3n) is 2.55. The summed E-state index contributed by atoms with van der Waals surface area (Å²) in [4.78, 5) is 1.26. The Morgan fingerprint density at radius 3 is 2.62 bits per heavy atom. The quantitative estimate of drug-likeness (QED) is 0.673. The summed E-state index contributed by atoms with van der Waals surface area (Å²) in [6.45, 7) is 2.10. The van der Waals surface area contributed by atoms with Gasteiger partial charge in [0.1, 0.15) is 0 Å². The van der Waals surface area contributed by atoms with Crippen LogP contribution in [0.1, 0.15) is 22.0 Å². The van der Waals surface area contributed by atoms with Gasteiger partial charge in [0, 0.05) is 9.35 Å². The van der Waals surface area contributed by atoms with Crippen molar-refractivity contribution in [2.75, 3.05) is 0 Å². The zero-order chi connectivity index (χ0) is 11.5. The van der Waals surface area contributed by atoms with Crippen LogP contribution in [0.4, 0.5) is 0 Å². The van der Waals surface area contributed by atoms with E-state index in [1.54, 1.807) is 11.3 Å². The van der Waals surface area contributed by atoms with E-state index in [4.69, 9.17) is 5.84 Å². The van der Waals surface area contributed by atoms with Crippen LogP contribution < -0.4 is 11.3 Å². The maximum absolute atomic E-state index is 5.67. The monoisotopic (exact) mass is 296 g/mol. The second-order valence-corrected chi connectivity index (χ2v) is 5.39. The molecule has 1 heterocycles. The molecule has 1 unspecified atom stereocenters. The first-order valence-electron chi connectivity index (χ1n) is 4.98. The molecule has 84 valence electrons. The Balaban J connectivity index is 2.45. The summed E-state index contributed by atoms with van der Waals surface area (Å²) in [5.74, 6) is 5.67. The molecule has 1 atom stereocenters. The second-order valence-electron chi connectivity index (χ2n) is 3.59. The van der Waals surface area contributed by atoms with E-state index in [9.17, 15) is 0 Å². The number of aryl methyl sites for hydroxylation is 1. The van der Waals surface area contributed by atoms with Crippen LogP contribution in [0.15, 0.2) is 40.2 Å². The third-order valence-corrected chi connectivity index (χ3v) is 4.35. The molecule has 0 saturated carbocycles. The van der Waals surface area contributed by atoms with Gasteiger partial charge in [-0.25, -0.2) is 5.43 Å². The van der Waals surface area contributed by atoms with Crippen molar-refractivity contribution in [2.45, 2.75) is 13.0 Å². The largest absolute Gasteiger partial charge is 0.271 e. The van der Waals surface area contributed by atoms with Crippen molar-refractivity contribution >= 4 is 27.3 Å². The van der Waals surface area contributed by atoms with Gasteiger partial charge in [0.2, 0.25) is 0 Å². The highest BCUT2D eigenvalue weighted by atomic mass is 79.9. The molecule has 16 heavy (non-hydrogen) atoms. The van der Waals surface area contributed by atoms with Gasteiger partial charge < -0.3 is 0 Å². The SMILES string of the molecule is Cc1ccsc1C(NN)c1ccccc1Br. The maximum Gasteiger partial charge on any atom is 0.0816 e. The molecule has 0 spiro atoms. The first kappa shape index (κ1) is 11.8. The van der Waals surface area contributed by atoms with Crippen LogP contribution in [0.3, 0.4) is 0 Å². The number of rotatable bonds is 3. The van der Waals surface area contributed by atoms with Crippen LogP contribution in [0.25, 0.3) is 0 Å². The van der Waals surface area contributed by atoms with E-state index in [1.165, 1.54) is 10.4 Å². The lowest BCUT2D eigenvalue weighted by atomic mass is 10.0. The lowest BCUT2D eigenvalue weighted by Gasteiger charge is -2.17. The van der Waals surface area contributed by atoms with E-state index in [0.29, 0.717) is 0 Å². The summed E-state index contributed by atoms with van der Waals surface area (Å²) < 4.78 is 1.07. The number of thiophene rings is 1. The number of halogens is 1. The number of nitrogens with one attached hydrogen (secondary N) is 1. The zero-order valence-corrected chi connectivity index (χ0v) is 11.3. The van der Waals surface area contributed by atoms with Gasteiger partial charge in [-0.2, -0.15) is 0 Å². The molecule has 0 aliphatic carbocycles. The van der Waals surface area contributed by atoms with Crippen molar-refractivity contribution in [1.82, 2.24) is 5.43 Å². The maximum atomic E-state index is 5.67. The van der Waals surface area contributed by atoms with E-state index in [1.807, 2.05) is 18.2 Å². The fraction of sp³-hybridized carbons (Fsp3) is 0.167. The van der Waals surface area contributed by atoms with Gasteiger partial charge in [0.15, 0.2) is 0 Å². The van der Waals surface area contributed by atoms with Crippen LogP contribution in [-0.2, 0) is 0 Å². The number of benzene rings is 1. The fourth-order valence-corrected chi connectivity index (χ4v) is 3.21. The minimum atomic E-state index is 0.0515. The van der Waals surface area contributed by atoms with Gasteiger partial charge >= 0.3 is 0 Å². The lowest BCUT2D eigenvalue weighted by molar-refractivity contribution is 0.641. The van der Waals surface area contributed by atoms with Crippen LogP contribution in [0.5, 0.6) is 0 Å². The standard InChI is InChI=1S/C12H13BrN2S/c1-8-6-7-16-12(8)11(15-14)9-4-2-3-5-10(9)13/h2-7,11,15H,14H2,1H3. The van der Waals surface area contributed by atoms with Gasteiger partial charge in [-0.1, -0.05) is 34.1 Å². The Kier molecular flexibility index (Phi) is 3.76. The van der Waals surface area contributed by atoms with E-state index in [0.717, 1.165) is 10.0 Å². The van der Waals surface area contributed by atoms with Crippen molar-refractivity contribution in [3.8, 4) is 0 Å². The fourth-order valence-electron chi connectivity index (χ4n) is 1.70. The van der Waals surface area contributed by atoms with Crippen molar-refractivity contribution in [3.63, 3.8) is 0 Å². The normalized spacial score (nSPS) is 12.7. The average molecular weight is 297 g/mol. The topological polar surface area (TPSA) is 38.0 Å². The summed E-state index contributed by atoms with van der Waals surface area (Å²) in [6.07, 6.45) is 0. The summed E-state index contributed by atoms with van der Waals surface area (Å²) in [5.41, 5.74) is 5.31. The summed E-state index contributed by atoms with van der Waals surface area (Å²) in [6, 6.07) is 10.3. The molecule has 1 aromatic heterocycles. The van der Waals surface area contributed by atoms with Crippen molar-refractivity contribution in [3.05, 3.63) is 56.2 Å². The van der Waals surface area contributed by atoms with Gasteiger partial charge in [-0.15, -0.1) is 11.3 Å². The molecule has 0 bridgehead atoms. The first-order valence-corrected chi connectivity index (χ1v) is 6.66. The molecule has 0 aliphatic rings. The minimum absolute atomic E-state index is 0.0515. The molecule has 2 rings (SSSR count). The average Bonchev–Trinajstić information content (AvgIpc) is 2.69. The highest BCUT2D eigenvalue weighted by Gasteiger charge is 2.17. The molecule has 4 heteroatoms. The smallest absolute Gasteiger partial charge is 0.0816 e. The summed E-state index contributed by atoms with van der Waals surface area (Å²) in [5, 5.41) is 2.09. The number of hydrogen-bond acceptors (Lipinski definition) is 3. The Labute approximate surface area is 108 Å². The Bertz CT molecular complexity index is 481. The van der Waals surface area contributed by atoms with E-state index < -0.39 is 0 Å². The summed E-state index contributed by atoms with van der Waals surface area (Å²) in [7, 11) is 0. The highest BCUT2D eigenvalue weighted by Crippen LogP contribution is 2.32.